The summed E-state index contributed by atoms with van der Waals surface area (Å²) >= 11 is 0. The summed E-state index contributed by atoms with van der Waals surface area (Å²) in [6.45, 7) is 1.79. The molecule has 0 bridgehead atoms. The van der Waals surface area contributed by atoms with Crippen LogP contribution in [0.25, 0.3) is 0 Å². The Kier molecular flexibility index (Phi) is 6.73. The van der Waals surface area contributed by atoms with E-state index in [1.807, 2.05) is 31.2 Å². The average molecular weight is 355 g/mol. The van der Waals surface area contributed by atoms with Gasteiger partial charge in [0, 0.05) is 5.56 Å². The van der Waals surface area contributed by atoms with Crippen LogP contribution in [0.1, 0.15) is 21.5 Å². The predicted octanol–water partition coefficient (Wildman–Crippen LogP) is 1.89. The van der Waals surface area contributed by atoms with Gasteiger partial charge in [0.15, 0.2) is 11.5 Å². The first-order chi connectivity index (χ1) is 12.5. The molecular formula is C19H21N3O4. The molecule has 0 saturated carbocycles. The molecule has 0 heterocycles. The molecule has 0 radical (unpaired) electrons. The van der Waals surface area contributed by atoms with E-state index in [9.17, 15) is 9.59 Å². The minimum atomic E-state index is -0.429. The summed E-state index contributed by atoms with van der Waals surface area (Å²) in [5.74, 6) is 0.130. The third-order valence-corrected chi connectivity index (χ3v) is 3.54. The average Bonchev–Trinajstić information content (AvgIpc) is 2.67. The van der Waals surface area contributed by atoms with Gasteiger partial charge in [-0.05, 0) is 30.7 Å². The fourth-order valence-corrected chi connectivity index (χ4v) is 2.11. The number of hydrogen-bond acceptors (Lipinski definition) is 5. The molecule has 2 aromatic carbocycles. The highest BCUT2D eigenvalue weighted by Gasteiger charge is 2.11. The van der Waals surface area contributed by atoms with Crippen molar-refractivity contribution in [1.29, 1.82) is 0 Å². The van der Waals surface area contributed by atoms with Gasteiger partial charge in [0.25, 0.3) is 11.8 Å². The molecule has 136 valence electrons. The van der Waals surface area contributed by atoms with E-state index in [4.69, 9.17) is 9.47 Å². The van der Waals surface area contributed by atoms with Crippen LogP contribution in [0.15, 0.2) is 47.6 Å². The molecule has 2 N–H and O–H groups in total. The fraction of sp³-hybridized carbons (Fsp3) is 0.211. The molecule has 0 saturated heterocycles. The van der Waals surface area contributed by atoms with Crippen molar-refractivity contribution in [1.82, 2.24) is 10.7 Å². The summed E-state index contributed by atoms with van der Waals surface area (Å²) in [6, 6.07) is 12.4. The lowest BCUT2D eigenvalue weighted by Gasteiger charge is -2.09. The molecule has 0 fully saturated rings. The highest BCUT2D eigenvalue weighted by atomic mass is 16.5. The van der Waals surface area contributed by atoms with E-state index < -0.39 is 11.8 Å². The Hall–Kier alpha value is -3.35. The Morgan fingerprint density at radius 3 is 2.38 bits per heavy atom. The van der Waals surface area contributed by atoms with Crippen LogP contribution in [-0.2, 0) is 4.79 Å². The van der Waals surface area contributed by atoms with E-state index in [-0.39, 0.29) is 6.54 Å². The van der Waals surface area contributed by atoms with E-state index in [2.05, 4.69) is 15.8 Å². The molecule has 2 rings (SSSR count). The number of nitrogens with zero attached hydrogens (tertiary/aromatic N) is 1. The number of rotatable bonds is 7. The smallest absolute Gasteiger partial charge is 0.259 e. The number of benzene rings is 2. The van der Waals surface area contributed by atoms with E-state index in [0.717, 1.165) is 11.1 Å². The number of hydrazone groups is 1. The lowest BCUT2D eigenvalue weighted by atomic mass is 10.2. The van der Waals surface area contributed by atoms with Crippen LogP contribution in [0, 0.1) is 6.92 Å². The van der Waals surface area contributed by atoms with Gasteiger partial charge in [-0.3, -0.25) is 9.59 Å². The predicted molar refractivity (Wildman–Crippen MR) is 98.8 cm³/mol. The van der Waals surface area contributed by atoms with Crippen molar-refractivity contribution in [2.24, 2.45) is 5.10 Å². The molecule has 0 aromatic heterocycles. The van der Waals surface area contributed by atoms with Gasteiger partial charge in [0.2, 0.25) is 0 Å². The Morgan fingerprint density at radius 1 is 1.04 bits per heavy atom. The van der Waals surface area contributed by atoms with Gasteiger partial charge in [-0.2, -0.15) is 5.10 Å². The van der Waals surface area contributed by atoms with Crippen molar-refractivity contribution in [2.75, 3.05) is 20.8 Å². The summed E-state index contributed by atoms with van der Waals surface area (Å²) in [5.41, 5.74) is 4.73. The summed E-state index contributed by atoms with van der Waals surface area (Å²) in [5, 5.41) is 6.38. The lowest BCUT2D eigenvalue weighted by Crippen LogP contribution is -2.34. The molecule has 0 spiro atoms. The molecule has 7 heteroatoms. The standard InChI is InChI=1S/C19H21N3O4/c1-13-4-6-14(7-5-13)11-21-22-18(23)12-20-19(24)15-8-9-16(25-2)17(10-15)26-3/h4-11H,12H2,1-3H3,(H,20,24)(H,22,23)/b21-11+. The first kappa shape index (κ1) is 19.0. The highest BCUT2D eigenvalue weighted by Crippen LogP contribution is 2.27. The number of ether oxygens (including phenoxy) is 2. The second-order valence-corrected chi connectivity index (χ2v) is 5.46. The topological polar surface area (TPSA) is 89.0 Å². The van der Waals surface area contributed by atoms with Gasteiger partial charge in [0.1, 0.15) is 0 Å². The number of hydrogen-bond donors (Lipinski definition) is 2. The van der Waals surface area contributed by atoms with Crippen molar-refractivity contribution in [2.45, 2.75) is 6.92 Å². The third-order valence-electron chi connectivity index (χ3n) is 3.54. The molecule has 0 aliphatic heterocycles. The zero-order chi connectivity index (χ0) is 18.9. The largest absolute Gasteiger partial charge is 0.493 e. The minimum Gasteiger partial charge on any atom is -0.493 e. The van der Waals surface area contributed by atoms with E-state index >= 15 is 0 Å². The number of carbonyl (C=O) groups is 2. The van der Waals surface area contributed by atoms with Crippen LogP contribution in [0.5, 0.6) is 11.5 Å². The molecule has 0 atom stereocenters. The lowest BCUT2D eigenvalue weighted by molar-refractivity contribution is -0.120. The van der Waals surface area contributed by atoms with E-state index in [0.29, 0.717) is 17.1 Å². The van der Waals surface area contributed by atoms with Crippen molar-refractivity contribution in [3.05, 3.63) is 59.2 Å². The monoisotopic (exact) mass is 355 g/mol. The van der Waals surface area contributed by atoms with Crippen LogP contribution in [0.3, 0.4) is 0 Å². The Labute approximate surface area is 152 Å². The normalized spacial score (nSPS) is 10.4. The van der Waals surface area contributed by atoms with Crippen LogP contribution < -0.4 is 20.2 Å². The maximum atomic E-state index is 12.1. The van der Waals surface area contributed by atoms with Gasteiger partial charge in [-0.1, -0.05) is 29.8 Å². The van der Waals surface area contributed by atoms with Crippen LogP contribution in [0.2, 0.25) is 0 Å². The van der Waals surface area contributed by atoms with Gasteiger partial charge in [0.05, 0.1) is 27.0 Å². The van der Waals surface area contributed by atoms with Gasteiger partial charge in [-0.15, -0.1) is 0 Å². The molecule has 26 heavy (non-hydrogen) atoms. The Morgan fingerprint density at radius 2 is 1.73 bits per heavy atom. The molecule has 0 aliphatic carbocycles. The van der Waals surface area contributed by atoms with Crippen molar-refractivity contribution >= 4 is 18.0 Å². The van der Waals surface area contributed by atoms with E-state index in [1.54, 1.807) is 18.2 Å². The molecule has 2 aromatic rings. The van der Waals surface area contributed by atoms with E-state index in [1.165, 1.54) is 20.4 Å². The number of carbonyl (C=O) groups excluding carboxylic acids is 2. The minimum absolute atomic E-state index is 0.196. The highest BCUT2D eigenvalue weighted by molar-refractivity contribution is 5.97. The first-order valence-electron chi connectivity index (χ1n) is 7.92. The van der Waals surface area contributed by atoms with Crippen LogP contribution in [-0.4, -0.2) is 38.8 Å². The zero-order valence-corrected chi connectivity index (χ0v) is 14.9. The van der Waals surface area contributed by atoms with Crippen molar-refractivity contribution < 1.29 is 19.1 Å². The zero-order valence-electron chi connectivity index (χ0n) is 14.9. The molecule has 0 unspecified atom stereocenters. The molecule has 2 amide bonds. The summed E-state index contributed by atoms with van der Waals surface area (Å²) < 4.78 is 10.3. The number of amides is 2. The summed E-state index contributed by atoms with van der Waals surface area (Å²) in [4.78, 5) is 23.9. The second kappa shape index (κ2) is 9.22. The second-order valence-electron chi connectivity index (χ2n) is 5.46. The van der Waals surface area contributed by atoms with Crippen LogP contribution in [0.4, 0.5) is 0 Å². The van der Waals surface area contributed by atoms with Crippen molar-refractivity contribution in [3.63, 3.8) is 0 Å². The molecule has 0 aliphatic rings. The molecular weight excluding hydrogens is 334 g/mol. The Balaban J connectivity index is 1.84. The maximum Gasteiger partial charge on any atom is 0.259 e. The summed E-state index contributed by atoms with van der Waals surface area (Å²) in [6.07, 6.45) is 1.54. The third kappa shape index (κ3) is 5.34. The van der Waals surface area contributed by atoms with Gasteiger partial charge >= 0.3 is 0 Å². The SMILES string of the molecule is COc1ccc(C(=O)NCC(=O)N/N=C/c2ccc(C)cc2)cc1OC. The first-order valence-corrected chi connectivity index (χ1v) is 7.92. The van der Waals surface area contributed by atoms with Crippen molar-refractivity contribution in [3.8, 4) is 11.5 Å². The fourth-order valence-electron chi connectivity index (χ4n) is 2.11. The van der Waals surface area contributed by atoms with Gasteiger partial charge < -0.3 is 14.8 Å². The Bertz CT molecular complexity index is 801. The number of nitrogens with one attached hydrogen (secondary N) is 2. The van der Waals surface area contributed by atoms with Crippen LogP contribution >= 0.6 is 0 Å². The quantitative estimate of drug-likeness (QED) is 0.586. The summed E-state index contributed by atoms with van der Waals surface area (Å²) in [7, 11) is 3.00. The maximum absolute atomic E-state index is 12.1. The number of aryl methyl sites for hydroxylation is 1. The number of methoxy groups -OCH3 is 2. The van der Waals surface area contributed by atoms with Gasteiger partial charge in [-0.25, -0.2) is 5.43 Å². The molecule has 7 nitrogen and oxygen atoms in total.